The molecule has 0 unspecified atom stereocenters. The van der Waals surface area contributed by atoms with Gasteiger partial charge in [-0.05, 0) is 12.1 Å². The number of alkyl halides is 3. The Labute approximate surface area is 171 Å². The Morgan fingerprint density at radius 3 is 2.69 bits per heavy atom. The summed E-state index contributed by atoms with van der Waals surface area (Å²) in [5.74, 6) is -0.964. The molecule has 0 saturated carbocycles. The molecular formula is C17H10Cl2F3N5O2. The van der Waals surface area contributed by atoms with Crippen molar-refractivity contribution in [2.24, 2.45) is 0 Å². The average molecular weight is 444 g/mol. The lowest BCUT2D eigenvalue weighted by Gasteiger charge is -2.17. The van der Waals surface area contributed by atoms with Crippen molar-refractivity contribution in [3.05, 3.63) is 45.7 Å². The number of nitriles is 1. The van der Waals surface area contributed by atoms with E-state index in [1.54, 1.807) is 0 Å². The Balaban J connectivity index is 2.30. The summed E-state index contributed by atoms with van der Waals surface area (Å²) in [5.41, 5.74) is 0.324. The van der Waals surface area contributed by atoms with Gasteiger partial charge in [-0.3, -0.25) is 0 Å². The Morgan fingerprint density at radius 1 is 1.38 bits per heavy atom. The predicted molar refractivity (Wildman–Crippen MR) is 99.0 cm³/mol. The molecule has 0 saturated heterocycles. The molecule has 2 heterocycles. The number of ether oxygens (including phenoxy) is 1. The molecule has 2 aromatic heterocycles. The maximum atomic E-state index is 12.9. The number of hydrogen-bond acceptors (Lipinski definition) is 6. The molecule has 0 spiro atoms. The van der Waals surface area contributed by atoms with Crippen molar-refractivity contribution in [3.8, 4) is 17.2 Å². The van der Waals surface area contributed by atoms with Crippen LogP contribution in [0.3, 0.4) is 0 Å². The van der Waals surface area contributed by atoms with Gasteiger partial charge in [0.15, 0.2) is 5.65 Å². The van der Waals surface area contributed by atoms with E-state index in [2.05, 4.69) is 20.1 Å². The number of nitrogens with one attached hydrogen (secondary N) is 1. The normalized spacial score (nSPS) is 11.3. The molecule has 0 atom stereocenters. The fraction of sp³-hybridized carbons (Fsp3) is 0.176. The van der Waals surface area contributed by atoms with Gasteiger partial charge in [-0.1, -0.05) is 29.3 Å². The van der Waals surface area contributed by atoms with E-state index in [1.807, 2.05) is 6.07 Å². The summed E-state index contributed by atoms with van der Waals surface area (Å²) in [6.45, 7) is -1.41. The van der Waals surface area contributed by atoms with Crippen molar-refractivity contribution in [1.29, 1.82) is 5.26 Å². The molecular weight excluding hydrogens is 434 g/mol. The van der Waals surface area contributed by atoms with Gasteiger partial charge in [-0.15, -0.1) is 0 Å². The van der Waals surface area contributed by atoms with Crippen LogP contribution < -0.4 is 5.32 Å². The first-order valence-corrected chi connectivity index (χ1v) is 8.58. The summed E-state index contributed by atoms with van der Waals surface area (Å²) in [7, 11) is 1.14. The third-order valence-electron chi connectivity index (χ3n) is 3.83. The van der Waals surface area contributed by atoms with Gasteiger partial charge >= 0.3 is 12.1 Å². The van der Waals surface area contributed by atoms with Crippen LogP contribution in [0.5, 0.6) is 0 Å². The molecule has 29 heavy (non-hydrogen) atoms. The van der Waals surface area contributed by atoms with Crippen molar-refractivity contribution in [3.63, 3.8) is 0 Å². The van der Waals surface area contributed by atoms with E-state index >= 15 is 0 Å². The lowest BCUT2D eigenvalue weighted by Crippen LogP contribution is -2.23. The van der Waals surface area contributed by atoms with Crippen LogP contribution >= 0.6 is 23.2 Å². The largest absolute Gasteiger partial charge is 0.465 e. The molecule has 0 bridgehead atoms. The number of hydrogen-bond donors (Lipinski definition) is 1. The summed E-state index contributed by atoms with van der Waals surface area (Å²) < 4.78 is 44.2. The summed E-state index contributed by atoms with van der Waals surface area (Å²) in [6.07, 6.45) is -3.44. The molecule has 0 aliphatic carbocycles. The molecule has 12 heteroatoms. The Morgan fingerprint density at radius 2 is 2.10 bits per heavy atom. The highest BCUT2D eigenvalue weighted by Crippen LogP contribution is 2.39. The van der Waals surface area contributed by atoms with E-state index in [9.17, 15) is 18.0 Å². The summed E-state index contributed by atoms with van der Waals surface area (Å²) in [6, 6.07) is 6.11. The number of carbonyl (C=O) groups is 1. The molecule has 1 aromatic carbocycles. The highest BCUT2D eigenvalue weighted by molar-refractivity contribution is 6.36. The van der Waals surface area contributed by atoms with Crippen LogP contribution in [0.4, 0.5) is 19.0 Å². The van der Waals surface area contributed by atoms with Crippen LogP contribution in [0, 0.1) is 11.3 Å². The minimum Gasteiger partial charge on any atom is -0.465 e. The summed E-state index contributed by atoms with van der Waals surface area (Å²) >= 11 is 12.5. The van der Waals surface area contributed by atoms with Gasteiger partial charge in [0.1, 0.15) is 23.1 Å². The van der Waals surface area contributed by atoms with E-state index < -0.39 is 18.7 Å². The van der Waals surface area contributed by atoms with E-state index in [0.717, 1.165) is 17.8 Å². The maximum absolute atomic E-state index is 12.9. The molecule has 0 aliphatic heterocycles. The molecule has 0 amide bonds. The minimum atomic E-state index is -4.55. The average Bonchev–Trinajstić information content (AvgIpc) is 3.08. The van der Waals surface area contributed by atoms with Gasteiger partial charge < -0.3 is 10.1 Å². The van der Waals surface area contributed by atoms with Crippen LogP contribution in [0.15, 0.2) is 24.4 Å². The SMILES string of the molecule is COC(=O)c1cnn2c(NCC(F)(F)F)c(-c3ccc(C#N)cc3Cl)c(Cl)nc12. The fourth-order valence-electron chi connectivity index (χ4n) is 2.59. The van der Waals surface area contributed by atoms with Crippen LogP contribution in [-0.4, -0.2) is 40.4 Å². The fourth-order valence-corrected chi connectivity index (χ4v) is 3.14. The molecule has 0 fully saturated rings. The maximum Gasteiger partial charge on any atom is 0.405 e. The topological polar surface area (TPSA) is 92.3 Å². The molecule has 150 valence electrons. The van der Waals surface area contributed by atoms with Gasteiger partial charge in [-0.2, -0.15) is 28.0 Å². The van der Waals surface area contributed by atoms with Gasteiger partial charge in [0.25, 0.3) is 0 Å². The number of anilines is 1. The lowest BCUT2D eigenvalue weighted by atomic mass is 10.1. The second-order valence-electron chi connectivity index (χ2n) is 5.69. The molecule has 1 N–H and O–H groups in total. The number of halogens is 5. The summed E-state index contributed by atoms with van der Waals surface area (Å²) in [4.78, 5) is 16.0. The third-order valence-corrected chi connectivity index (χ3v) is 4.42. The lowest BCUT2D eigenvalue weighted by molar-refractivity contribution is -0.115. The number of fused-ring (bicyclic) bond motifs is 1. The number of esters is 1. The first-order valence-electron chi connectivity index (χ1n) is 7.82. The molecule has 7 nitrogen and oxygen atoms in total. The highest BCUT2D eigenvalue weighted by Gasteiger charge is 2.30. The summed E-state index contributed by atoms with van der Waals surface area (Å²) in [5, 5.41) is 15.0. The van der Waals surface area contributed by atoms with Crippen molar-refractivity contribution < 1.29 is 22.7 Å². The minimum absolute atomic E-state index is 0.0254. The zero-order valence-corrected chi connectivity index (χ0v) is 16.0. The van der Waals surface area contributed by atoms with Crippen molar-refractivity contribution in [2.45, 2.75) is 6.18 Å². The number of methoxy groups -OCH3 is 1. The smallest absolute Gasteiger partial charge is 0.405 e. The van der Waals surface area contributed by atoms with E-state index in [4.69, 9.17) is 28.5 Å². The van der Waals surface area contributed by atoms with Gasteiger partial charge in [0, 0.05) is 10.6 Å². The van der Waals surface area contributed by atoms with Gasteiger partial charge in [0.2, 0.25) is 0 Å². The number of nitrogens with zero attached hydrogens (tertiary/aromatic N) is 4. The van der Waals surface area contributed by atoms with Crippen molar-refractivity contribution in [2.75, 3.05) is 19.0 Å². The number of benzene rings is 1. The van der Waals surface area contributed by atoms with Crippen LogP contribution in [0.2, 0.25) is 10.2 Å². The number of rotatable bonds is 4. The predicted octanol–water partition coefficient (Wildman–Crippen LogP) is 4.34. The second kappa shape index (κ2) is 7.77. The van der Waals surface area contributed by atoms with E-state index in [1.165, 1.54) is 18.2 Å². The first kappa shape index (κ1) is 20.7. The zero-order chi connectivity index (χ0) is 21.3. The Kier molecular flexibility index (Phi) is 5.55. The third kappa shape index (κ3) is 4.06. The molecule has 0 aliphatic rings. The van der Waals surface area contributed by atoms with Gasteiger partial charge in [0.05, 0.1) is 30.5 Å². The Hall–Kier alpha value is -3.03. The highest BCUT2D eigenvalue weighted by atomic mass is 35.5. The van der Waals surface area contributed by atoms with Crippen molar-refractivity contribution in [1.82, 2.24) is 14.6 Å². The molecule has 3 rings (SSSR count). The Bertz CT molecular complexity index is 1150. The second-order valence-corrected chi connectivity index (χ2v) is 6.45. The quantitative estimate of drug-likeness (QED) is 0.476. The van der Waals surface area contributed by atoms with E-state index in [-0.39, 0.29) is 43.9 Å². The van der Waals surface area contributed by atoms with Crippen LogP contribution in [-0.2, 0) is 4.74 Å². The molecule has 3 aromatic rings. The standard InChI is InChI=1S/C17H10Cl2F3N5O2/c1-29-16(28)10-6-25-27-14(10)26-13(19)12(15(27)24-7-17(20,21)22)9-3-2-8(5-23)4-11(9)18/h2-4,6,24H,7H2,1H3. The van der Waals surface area contributed by atoms with Gasteiger partial charge in [-0.25, -0.2) is 9.78 Å². The van der Waals surface area contributed by atoms with Crippen LogP contribution in [0.25, 0.3) is 16.8 Å². The first-order chi connectivity index (χ1) is 13.7. The van der Waals surface area contributed by atoms with E-state index in [0.29, 0.717) is 0 Å². The zero-order valence-electron chi connectivity index (χ0n) is 14.5. The van der Waals surface area contributed by atoms with Crippen molar-refractivity contribution >= 4 is 40.6 Å². The number of aromatic nitrogens is 3. The van der Waals surface area contributed by atoms with Crippen LogP contribution in [0.1, 0.15) is 15.9 Å². The molecule has 0 radical (unpaired) electrons. The number of carbonyl (C=O) groups excluding carboxylic acids is 1. The monoisotopic (exact) mass is 443 g/mol.